The number of phenolic OH excluding ortho intramolecular Hbond substituents is 1. The lowest BCUT2D eigenvalue weighted by Crippen LogP contribution is -2.44. The minimum absolute atomic E-state index is 0.330. The van der Waals surface area contributed by atoms with Gasteiger partial charge in [-0.15, -0.1) is 0 Å². The molecule has 1 aliphatic carbocycles. The molecule has 1 aliphatic rings. The zero-order valence-corrected chi connectivity index (χ0v) is 12.0. The Bertz CT molecular complexity index is 390. The summed E-state index contributed by atoms with van der Waals surface area (Å²) in [5, 5.41) is 9.38. The van der Waals surface area contributed by atoms with E-state index in [0.29, 0.717) is 23.8 Å². The van der Waals surface area contributed by atoms with Gasteiger partial charge in [-0.2, -0.15) is 0 Å². The second-order valence-corrected chi connectivity index (χ2v) is 5.78. The van der Waals surface area contributed by atoms with Crippen LogP contribution in [0.2, 0.25) is 0 Å². The lowest BCUT2D eigenvalue weighted by molar-refractivity contribution is 0.0989. The SMILES string of the molecule is CC(c1ccc(O)cc1)N(C)C1CCCCC1CN. The molecular weight excluding hydrogens is 236 g/mol. The Morgan fingerprint density at radius 1 is 1.26 bits per heavy atom. The Morgan fingerprint density at radius 3 is 2.53 bits per heavy atom. The average Bonchev–Trinajstić information content (AvgIpc) is 2.46. The highest BCUT2D eigenvalue weighted by Gasteiger charge is 2.29. The summed E-state index contributed by atoms with van der Waals surface area (Å²) in [4.78, 5) is 2.46. The number of hydrogen-bond acceptors (Lipinski definition) is 3. The lowest BCUT2D eigenvalue weighted by atomic mass is 9.83. The van der Waals surface area contributed by atoms with Crippen molar-refractivity contribution >= 4 is 0 Å². The highest BCUT2D eigenvalue weighted by molar-refractivity contribution is 5.27. The van der Waals surface area contributed by atoms with Crippen molar-refractivity contribution in [1.29, 1.82) is 0 Å². The van der Waals surface area contributed by atoms with Crippen molar-refractivity contribution in [2.45, 2.75) is 44.7 Å². The third kappa shape index (κ3) is 3.28. The van der Waals surface area contributed by atoms with E-state index >= 15 is 0 Å². The maximum Gasteiger partial charge on any atom is 0.115 e. The van der Waals surface area contributed by atoms with Crippen LogP contribution in [0, 0.1) is 5.92 Å². The van der Waals surface area contributed by atoms with Crippen LogP contribution in [-0.4, -0.2) is 29.6 Å². The summed E-state index contributed by atoms with van der Waals surface area (Å²) < 4.78 is 0. The molecule has 3 N–H and O–H groups in total. The topological polar surface area (TPSA) is 49.5 Å². The Labute approximate surface area is 116 Å². The third-order valence-electron chi connectivity index (χ3n) is 4.68. The Balaban J connectivity index is 2.08. The second-order valence-electron chi connectivity index (χ2n) is 5.78. The summed E-state index contributed by atoms with van der Waals surface area (Å²) in [5.74, 6) is 0.953. The van der Waals surface area contributed by atoms with Crippen molar-refractivity contribution < 1.29 is 5.11 Å². The molecule has 106 valence electrons. The maximum absolute atomic E-state index is 9.38. The molecule has 0 amide bonds. The van der Waals surface area contributed by atoms with E-state index in [1.54, 1.807) is 12.1 Å². The van der Waals surface area contributed by atoms with Crippen LogP contribution in [0.1, 0.15) is 44.2 Å². The number of nitrogens with zero attached hydrogens (tertiary/aromatic N) is 1. The number of aromatic hydroxyl groups is 1. The molecule has 1 saturated carbocycles. The largest absolute Gasteiger partial charge is 0.508 e. The zero-order valence-electron chi connectivity index (χ0n) is 12.0. The van der Waals surface area contributed by atoms with E-state index in [9.17, 15) is 5.11 Å². The van der Waals surface area contributed by atoms with Gasteiger partial charge in [-0.3, -0.25) is 4.90 Å². The molecule has 0 aromatic heterocycles. The molecule has 1 fully saturated rings. The molecular formula is C16H26N2O. The van der Waals surface area contributed by atoms with Crippen molar-refractivity contribution in [3.8, 4) is 5.75 Å². The van der Waals surface area contributed by atoms with Crippen molar-refractivity contribution in [3.05, 3.63) is 29.8 Å². The first-order chi connectivity index (χ1) is 9.13. The Hall–Kier alpha value is -1.06. The first-order valence-corrected chi connectivity index (χ1v) is 7.34. The van der Waals surface area contributed by atoms with E-state index in [2.05, 4.69) is 18.9 Å². The first kappa shape index (κ1) is 14.4. The van der Waals surface area contributed by atoms with Gasteiger partial charge in [0, 0.05) is 12.1 Å². The van der Waals surface area contributed by atoms with Crippen molar-refractivity contribution in [3.63, 3.8) is 0 Å². The summed E-state index contributed by atoms with van der Waals surface area (Å²) in [6, 6.07) is 8.50. The van der Waals surface area contributed by atoms with Crippen molar-refractivity contribution in [2.24, 2.45) is 11.7 Å². The minimum atomic E-state index is 0.330. The molecule has 0 spiro atoms. The zero-order chi connectivity index (χ0) is 13.8. The van der Waals surface area contributed by atoms with E-state index in [0.717, 1.165) is 6.54 Å². The molecule has 1 aromatic carbocycles. The fourth-order valence-electron chi connectivity index (χ4n) is 3.27. The smallest absolute Gasteiger partial charge is 0.115 e. The number of nitrogens with two attached hydrogens (primary N) is 1. The van der Waals surface area contributed by atoms with Crippen LogP contribution in [0.5, 0.6) is 5.75 Å². The van der Waals surface area contributed by atoms with Gasteiger partial charge in [-0.1, -0.05) is 25.0 Å². The van der Waals surface area contributed by atoms with Gasteiger partial charge in [0.05, 0.1) is 0 Å². The van der Waals surface area contributed by atoms with E-state index in [4.69, 9.17) is 5.73 Å². The molecule has 19 heavy (non-hydrogen) atoms. The number of phenols is 1. The van der Waals surface area contributed by atoms with E-state index in [-0.39, 0.29) is 0 Å². The monoisotopic (exact) mass is 262 g/mol. The van der Waals surface area contributed by atoms with Gasteiger partial charge in [-0.25, -0.2) is 0 Å². The van der Waals surface area contributed by atoms with Crippen LogP contribution in [0.3, 0.4) is 0 Å². The summed E-state index contributed by atoms with van der Waals surface area (Å²) in [6.45, 7) is 3.02. The van der Waals surface area contributed by atoms with E-state index < -0.39 is 0 Å². The van der Waals surface area contributed by atoms with Gasteiger partial charge < -0.3 is 10.8 Å². The van der Waals surface area contributed by atoms with Crippen LogP contribution in [0.15, 0.2) is 24.3 Å². The molecule has 0 aliphatic heterocycles. The summed E-state index contributed by atoms with van der Waals surface area (Å²) in [7, 11) is 2.20. The molecule has 0 bridgehead atoms. The van der Waals surface area contributed by atoms with Gasteiger partial charge in [0.25, 0.3) is 0 Å². The normalized spacial score (nSPS) is 25.5. The van der Waals surface area contributed by atoms with Gasteiger partial charge in [0.2, 0.25) is 0 Å². The molecule has 0 saturated heterocycles. The third-order valence-corrected chi connectivity index (χ3v) is 4.68. The maximum atomic E-state index is 9.38. The van der Waals surface area contributed by atoms with Crippen molar-refractivity contribution in [2.75, 3.05) is 13.6 Å². The lowest BCUT2D eigenvalue weighted by Gasteiger charge is -2.40. The van der Waals surface area contributed by atoms with E-state index in [1.165, 1.54) is 31.2 Å². The van der Waals surface area contributed by atoms with Gasteiger partial charge in [-0.05, 0) is 57.0 Å². The van der Waals surface area contributed by atoms with Crippen LogP contribution in [0.4, 0.5) is 0 Å². The predicted octanol–water partition coefficient (Wildman–Crippen LogP) is 2.90. The number of rotatable bonds is 4. The summed E-state index contributed by atoms with van der Waals surface area (Å²) in [6.07, 6.45) is 5.14. The summed E-state index contributed by atoms with van der Waals surface area (Å²) in [5.41, 5.74) is 7.18. The molecule has 1 aromatic rings. The number of hydrogen-bond donors (Lipinski definition) is 2. The summed E-state index contributed by atoms with van der Waals surface area (Å²) >= 11 is 0. The Kier molecular flexibility index (Phi) is 4.83. The van der Waals surface area contributed by atoms with Gasteiger partial charge in [0.15, 0.2) is 0 Å². The fraction of sp³-hybridized carbons (Fsp3) is 0.625. The van der Waals surface area contributed by atoms with Crippen LogP contribution >= 0.6 is 0 Å². The predicted molar refractivity (Wildman–Crippen MR) is 79.1 cm³/mol. The molecule has 3 nitrogen and oxygen atoms in total. The van der Waals surface area contributed by atoms with Crippen LogP contribution < -0.4 is 5.73 Å². The molecule has 0 heterocycles. The van der Waals surface area contributed by atoms with Crippen LogP contribution in [-0.2, 0) is 0 Å². The highest BCUT2D eigenvalue weighted by Crippen LogP contribution is 2.32. The van der Waals surface area contributed by atoms with Gasteiger partial charge >= 0.3 is 0 Å². The fourth-order valence-corrected chi connectivity index (χ4v) is 3.27. The van der Waals surface area contributed by atoms with E-state index in [1.807, 2.05) is 12.1 Å². The molecule has 3 unspecified atom stereocenters. The molecule has 0 radical (unpaired) electrons. The Morgan fingerprint density at radius 2 is 1.89 bits per heavy atom. The quantitative estimate of drug-likeness (QED) is 0.877. The minimum Gasteiger partial charge on any atom is -0.508 e. The van der Waals surface area contributed by atoms with Crippen molar-refractivity contribution in [1.82, 2.24) is 4.90 Å². The van der Waals surface area contributed by atoms with Gasteiger partial charge in [0.1, 0.15) is 5.75 Å². The average molecular weight is 262 g/mol. The molecule has 2 rings (SSSR count). The molecule has 3 heteroatoms. The standard InChI is InChI=1S/C16H26N2O/c1-12(13-7-9-15(19)10-8-13)18(2)16-6-4-3-5-14(16)11-17/h7-10,12,14,16,19H,3-6,11,17H2,1-2H3. The second kappa shape index (κ2) is 6.40. The first-order valence-electron chi connectivity index (χ1n) is 7.34. The molecule has 3 atom stereocenters. The number of benzene rings is 1. The van der Waals surface area contributed by atoms with Crippen LogP contribution in [0.25, 0.3) is 0 Å². The highest BCUT2D eigenvalue weighted by atomic mass is 16.3.